The van der Waals surface area contributed by atoms with E-state index in [9.17, 15) is 9.59 Å². The van der Waals surface area contributed by atoms with Gasteiger partial charge in [0.15, 0.2) is 23.1 Å². The number of halogens is 2. The smallest absolute Gasteiger partial charge is 0.175 e. The molecule has 0 amide bonds. The van der Waals surface area contributed by atoms with Crippen LogP contribution in [0.15, 0.2) is 67.9 Å². The number of nitrogens with zero attached hydrogens (tertiary/aromatic N) is 1. The highest BCUT2D eigenvalue weighted by atomic mass is 79.9. The van der Waals surface area contributed by atoms with Crippen LogP contribution in [0, 0.1) is 10.8 Å². The standard InChI is InChI=1S/C34H39Br2NO5/c1-33(2)15-24-30(26(38)17-33)29(31-25(37(24)11-12-40-5)16-34(3,4)18-27(31)39)21-13-23(36)32(28(14-21)41-6)42-19-20-9-7-8-10-22(20)35/h7-10,13-14,29H,11-12,15-19H2,1-6H3. The van der Waals surface area contributed by atoms with Crippen LogP contribution >= 0.6 is 31.9 Å². The van der Waals surface area contributed by atoms with Gasteiger partial charge in [-0.15, -0.1) is 0 Å². The van der Waals surface area contributed by atoms with Crippen molar-refractivity contribution in [3.8, 4) is 11.5 Å². The van der Waals surface area contributed by atoms with Crippen molar-refractivity contribution in [2.45, 2.75) is 65.9 Å². The Balaban J connectivity index is 1.66. The van der Waals surface area contributed by atoms with Gasteiger partial charge in [-0.05, 0) is 63.4 Å². The summed E-state index contributed by atoms with van der Waals surface area (Å²) in [4.78, 5) is 30.3. The van der Waals surface area contributed by atoms with Gasteiger partial charge in [-0.3, -0.25) is 9.59 Å². The maximum Gasteiger partial charge on any atom is 0.175 e. The van der Waals surface area contributed by atoms with Gasteiger partial charge in [0.05, 0.1) is 18.2 Å². The third kappa shape index (κ3) is 6.00. The van der Waals surface area contributed by atoms with E-state index < -0.39 is 5.92 Å². The molecule has 0 atom stereocenters. The van der Waals surface area contributed by atoms with Crippen LogP contribution in [0.3, 0.4) is 0 Å². The first kappa shape index (κ1) is 31.0. The molecule has 1 aliphatic heterocycles. The molecule has 2 aliphatic carbocycles. The van der Waals surface area contributed by atoms with Crippen LogP contribution < -0.4 is 9.47 Å². The van der Waals surface area contributed by atoms with Gasteiger partial charge in [0.1, 0.15) is 6.61 Å². The van der Waals surface area contributed by atoms with Crippen LogP contribution in [0.5, 0.6) is 11.5 Å². The van der Waals surface area contributed by atoms with E-state index in [-0.39, 0.29) is 22.4 Å². The monoisotopic (exact) mass is 699 g/mol. The largest absolute Gasteiger partial charge is 0.493 e. The fourth-order valence-corrected chi connectivity index (χ4v) is 7.62. The Hall–Kier alpha value is -2.42. The number of hydrogen-bond donors (Lipinski definition) is 0. The van der Waals surface area contributed by atoms with Crippen LogP contribution in [0.4, 0.5) is 0 Å². The molecular formula is C34H39Br2NO5. The number of ether oxygens (including phenoxy) is 3. The lowest BCUT2D eigenvalue weighted by Crippen LogP contribution is -2.45. The van der Waals surface area contributed by atoms with Gasteiger partial charge in [-0.1, -0.05) is 61.8 Å². The lowest BCUT2D eigenvalue weighted by atomic mass is 9.63. The molecule has 8 heteroatoms. The molecule has 0 unspecified atom stereocenters. The van der Waals surface area contributed by atoms with Crippen molar-refractivity contribution in [1.29, 1.82) is 0 Å². The zero-order valence-corrected chi connectivity index (χ0v) is 28.4. The molecule has 42 heavy (non-hydrogen) atoms. The lowest BCUT2D eigenvalue weighted by Gasteiger charge is -2.49. The van der Waals surface area contributed by atoms with Gasteiger partial charge in [0.2, 0.25) is 0 Å². The van der Waals surface area contributed by atoms with Crippen molar-refractivity contribution < 1.29 is 23.8 Å². The van der Waals surface area contributed by atoms with E-state index in [2.05, 4.69) is 64.5 Å². The highest BCUT2D eigenvalue weighted by Gasteiger charge is 2.49. The predicted octanol–water partition coefficient (Wildman–Crippen LogP) is 8.13. The second-order valence-corrected chi connectivity index (χ2v) is 14.8. The number of carbonyl (C=O) groups excluding carboxylic acids is 2. The summed E-state index contributed by atoms with van der Waals surface area (Å²) in [6, 6.07) is 11.8. The minimum absolute atomic E-state index is 0.0993. The van der Waals surface area contributed by atoms with Gasteiger partial charge in [-0.2, -0.15) is 0 Å². The first-order valence-electron chi connectivity index (χ1n) is 14.4. The van der Waals surface area contributed by atoms with Crippen molar-refractivity contribution in [1.82, 2.24) is 4.90 Å². The van der Waals surface area contributed by atoms with Gasteiger partial charge in [0.25, 0.3) is 0 Å². The summed E-state index contributed by atoms with van der Waals surface area (Å²) in [6.07, 6.45) is 2.39. The molecule has 2 aromatic carbocycles. The Labute approximate surface area is 265 Å². The number of methoxy groups -OCH3 is 2. The minimum atomic E-state index is -0.469. The van der Waals surface area contributed by atoms with E-state index >= 15 is 0 Å². The molecule has 0 spiro atoms. The second kappa shape index (κ2) is 11.9. The number of ketones is 2. The van der Waals surface area contributed by atoms with Crippen LogP contribution in [-0.2, 0) is 20.9 Å². The summed E-state index contributed by atoms with van der Waals surface area (Å²) in [7, 11) is 3.30. The van der Waals surface area contributed by atoms with Crippen LogP contribution in [-0.4, -0.2) is 43.8 Å². The van der Waals surface area contributed by atoms with Gasteiger partial charge >= 0.3 is 0 Å². The molecule has 2 aromatic rings. The molecule has 1 heterocycles. The van der Waals surface area contributed by atoms with E-state index in [1.807, 2.05) is 36.4 Å². The average molecular weight is 701 g/mol. The number of rotatable bonds is 8. The first-order valence-corrected chi connectivity index (χ1v) is 16.0. The molecule has 3 aliphatic rings. The minimum Gasteiger partial charge on any atom is -0.493 e. The van der Waals surface area contributed by atoms with Crippen LogP contribution in [0.25, 0.3) is 0 Å². The fourth-order valence-electron chi connectivity index (χ4n) is 6.65. The molecule has 5 rings (SSSR count). The topological polar surface area (TPSA) is 65.1 Å². The summed E-state index contributed by atoms with van der Waals surface area (Å²) >= 11 is 7.33. The van der Waals surface area contributed by atoms with Crippen LogP contribution in [0.2, 0.25) is 0 Å². The van der Waals surface area contributed by atoms with E-state index in [1.165, 1.54) is 0 Å². The van der Waals surface area contributed by atoms with Gasteiger partial charge in [-0.25, -0.2) is 0 Å². The maximum absolute atomic E-state index is 14.0. The molecule has 0 saturated heterocycles. The Morgan fingerprint density at radius 2 is 1.45 bits per heavy atom. The summed E-state index contributed by atoms with van der Waals surface area (Å²) in [5.41, 5.74) is 4.99. The van der Waals surface area contributed by atoms with E-state index in [0.717, 1.165) is 51.0 Å². The van der Waals surface area contributed by atoms with Crippen LogP contribution in [0.1, 0.15) is 70.4 Å². The molecule has 6 nitrogen and oxygen atoms in total. The third-order valence-corrected chi connectivity index (χ3v) is 9.82. The van der Waals surface area contributed by atoms with Gasteiger partial charge in [0, 0.05) is 65.0 Å². The molecule has 0 bridgehead atoms. The molecule has 0 radical (unpaired) electrons. The molecule has 0 saturated carbocycles. The summed E-state index contributed by atoms with van der Waals surface area (Å²) in [6.45, 7) is 10.0. The molecule has 0 fully saturated rings. The predicted molar refractivity (Wildman–Crippen MR) is 171 cm³/mol. The highest BCUT2D eigenvalue weighted by Crippen LogP contribution is 2.55. The maximum atomic E-state index is 14.0. The van der Waals surface area contributed by atoms with Crippen molar-refractivity contribution in [3.63, 3.8) is 0 Å². The molecule has 0 aromatic heterocycles. The van der Waals surface area contributed by atoms with E-state index in [0.29, 0.717) is 48.6 Å². The molecule has 0 N–H and O–H groups in total. The number of benzene rings is 2. The number of allylic oxidation sites excluding steroid dienone is 4. The quantitative estimate of drug-likeness (QED) is 0.277. The zero-order chi connectivity index (χ0) is 30.4. The number of carbonyl (C=O) groups is 2. The average Bonchev–Trinajstić information content (AvgIpc) is 2.90. The van der Waals surface area contributed by atoms with Crippen molar-refractivity contribution in [2.24, 2.45) is 10.8 Å². The third-order valence-electron chi connectivity index (χ3n) is 8.46. The second-order valence-electron chi connectivity index (χ2n) is 13.1. The van der Waals surface area contributed by atoms with Crippen molar-refractivity contribution in [2.75, 3.05) is 27.4 Å². The normalized spacial score (nSPS) is 20.0. The van der Waals surface area contributed by atoms with Gasteiger partial charge < -0.3 is 19.1 Å². The molecule has 224 valence electrons. The van der Waals surface area contributed by atoms with Crippen molar-refractivity contribution >= 4 is 43.4 Å². The van der Waals surface area contributed by atoms with Crippen molar-refractivity contribution in [3.05, 3.63) is 79.0 Å². The Morgan fingerprint density at radius 3 is 2.00 bits per heavy atom. The zero-order valence-electron chi connectivity index (χ0n) is 25.2. The fraction of sp³-hybridized carbons (Fsp3) is 0.471. The summed E-state index contributed by atoms with van der Waals surface area (Å²) in [5.74, 6) is 0.850. The first-order chi connectivity index (χ1) is 19.9. The Bertz CT molecular complexity index is 1430. The lowest BCUT2D eigenvalue weighted by molar-refractivity contribution is -0.119. The Morgan fingerprint density at radius 1 is 0.857 bits per heavy atom. The Kier molecular flexibility index (Phi) is 8.81. The highest BCUT2D eigenvalue weighted by molar-refractivity contribution is 9.10. The molecular weight excluding hydrogens is 662 g/mol. The van der Waals surface area contributed by atoms with E-state index in [4.69, 9.17) is 14.2 Å². The summed E-state index contributed by atoms with van der Waals surface area (Å²) < 4.78 is 19.3. The SMILES string of the molecule is COCCN1C2=C(C(=O)CC(C)(C)C2)C(c2cc(Br)c(OCc3ccccc3Br)c(OC)c2)C2=C1CC(C)(C)CC2=O. The number of Topliss-reactive ketones (excluding diaryl/α,β-unsaturated/α-hetero) is 2. The van der Waals surface area contributed by atoms with E-state index in [1.54, 1.807) is 14.2 Å². The number of hydrogen-bond acceptors (Lipinski definition) is 6. The summed E-state index contributed by atoms with van der Waals surface area (Å²) in [5, 5.41) is 0.